The Morgan fingerprint density at radius 3 is 2.40 bits per heavy atom. The topological polar surface area (TPSA) is 76.5 Å². The molecule has 1 saturated heterocycles. The lowest BCUT2D eigenvalue weighted by Gasteiger charge is -2.26. The van der Waals surface area contributed by atoms with Crippen molar-refractivity contribution in [2.75, 3.05) is 26.3 Å². The standard InChI is InChI=1S/C23H26N4O3/c1-2-27-23(29)20-6-4-3-5-19(20)21(25-27)22(28)24-15-17-7-9-18(10-8-17)16-26-11-13-30-14-12-26/h3-10H,2,11-16H2,1H3,(H,24,28). The zero-order valence-corrected chi connectivity index (χ0v) is 17.1. The van der Waals surface area contributed by atoms with E-state index in [0.717, 1.165) is 38.4 Å². The molecule has 1 aliphatic heterocycles. The number of carbonyl (C=O) groups excluding carboxylic acids is 1. The minimum Gasteiger partial charge on any atom is -0.379 e. The van der Waals surface area contributed by atoms with Crippen molar-refractivity contribution in [3.8, 4) is 0 Å². The molecule has 156 valence electrons. The van der Waals surface area contributed by atoms with Crippen LogP contribution in [0.5, 0.6) is 0 Å². The number of ether oxygens (including phenoxy) is 1. The van der Waals surface area contributed by atoms with Gasteiger partial charge in [-0.15, -0.1) is 0 Å². The smallest absolute Gasteiger partial charge is 0.274 e. The Balaban J connectivity index is 1.45. The maximum Gasteiger partial charge on any atom is 0.274 e. The third-order valence-electron chi connectivity index (χ3n) is 5.37. The van der Waals surface area contributed by atoms with Crippen molar-refractivity contribution in [2.45, 2.75) is 26.6 Å². The fourth-order valence-corrected chi connectivity index (χ4v) is 3.66. The maximum atomic E-state index is 12.8. The lowest BCUT2D eigenvalue weighted by Crippen LogP contribution is -2.35. The van der Waals surface area contributed by atoms with Crippen LogP contribution in [0.2, 0.25) is 0 Å². The van der Waals surface area contributed by atoms with Crippen LogP contribution in [0.25, 0.3) is 10.8 Å². The Morgan fingerprint density at radius 1 is 1.03 bits per heavy atom. The van der Waals surface area contributed by atoms with Crippen LogP contribution >= 0.6 is 0 Å². The van der Waals surface area contributed by atoms with Gasteiger partial charge < -0.3 is 10.1 Å². The first kappa shape index (κ1) is 20.3. The fraction of sp³-hybridized carbons (Fsp3) is 0.348. The molecule has 0 bridgehead atoms. The van der Waals surface area contributed by atoms with Gasteiger partial charge in [-0.1, -0.05) is 42.5 Å². The van der Waals surface area contributed by atoms with Crippen LogP contribution in [0.15, 0.2) is 53.3 Å². The van der Waals surface area contributed by atoms with Gasteiger partial charge in [-0.25, -0.2) is 4.68 Å². The Morgan fingerprint density at radius 2 is 1.70 bits per heavy atom. The minimum atomic E-state index is -0.286. The van der Waals surface area contributed by atoms with Crippen molar-refractivity contribution in [3.05, 3.63) is 75.7 Å². The molecule has 1 aliphatic rings. The first-order valence-electron chi connectivity index (χ1n) is 10.3. The number of fused-ring (bicyclic) bond motifs is 1. The summed E-state index contributed by atoms with van der Waals surface area (Å²) in [4.78, 5) is 27.7. The number of benzene rings is 2. The average Bonchev–Trinajstić information content (AvgIpc) is 2.79. The molecule has 4 rings (SSSR count). The molecule has 3 aromatic rings. The normalized spacial score (nSPS) is 14.7. The van der Waals surface area contributed by atoms with E-state index in [4.69, 9.17) is 4.74 Å². The predicted molar refractivity (Wildman–Crippen MR) is 115 cm³/mol. The van der Waals surface area contributed by atoms with Gasteiger partial charge in [0.25, 0.3) is 11.5 Å². The molecule has 0 saturated carbocycles. The molecule has 0 aliphatic carbocycles. The van der Waals surface area contributed by atoms with E-state index in [2.05, 4.69) is 27.4 Å². The summed E-state index contributed by atoms with van der Waals surface area (Å²) >= 11 is 0. The van der Waals surface area contributed by atoms with Crippen molar-refractivity contribution in [3.63, 3.8) is 0 Å². The van der Waals surface area contributed by atoms with E-state index >= 15 is 0 Å². The van der Waals surface area contributed by atoms with Gasteiger partial charge in [0.2, 0.25) is 0 Å². The zero-order chi connectivity index (χ0) is 20.9. The third kappa shape index (κ3) is 4.42. The van der Waals surface area contributed by atoms with Gasteiger partial charge >= 0.3 is 0 Å². The number of hydrogen-bond acceptors (Lipinski definition) is 5. The molecule has 2 aromatic carbocycles. The van der Waals surface area contributed by atoms with Crippen LogP contribution < -0.4 is 10.9 Å². The number of amides is 1. The van der Waals surface area contributed by atoms with E-state index in [9.17, 15) is 9.59 Å². The minimum absolute atomic E-state index is 0.180. The molecule has 1 N–H and O–H groups in total. The highest BCUT2D eigenvalue weighted by Gasteiger charge is 2.16. The van der Waals surface area contributed by atoms with E-state index in [0.29, 0.717) is 23.9 Å². The molecule has 0 atom stereocenters. The largest absolute Gasteiger partial charge is 0.379 e. The molecule has 0 unspecified atom stereocenters. The van der Waals surface area contributed by atoms with Crippen LogP contribution in [-0.2, 0) is 24.4 Å². The summed E-state index contributed by atoms with van der Waals surface area (Å²) in [6, 6.07) is 15.4. The Hall–Kier alpha value is -3.03. The monoisotopic (exact) mass is 406 g/mol. The second-order valence-corrected chi connectivity index (χ2v) is 7.40. The SMILES string of the molecule is CCn1nc(C(=O)NCc2ccc(CN3CCOCC3)cc2)c2ccccc2c1=O. The van der Waals surface area contributed by atoms with Crippen LogP contribution in [0.1, 0.15) is 28.5 Å². The first-order valence-corrected chi connectivity index (χ1v) is 10.3. The second kappa shape index (κ2) is 9.19. The molecule has 2 heterocycles. The highest BCUT2D eigenvalue weighted by Crippen LogP contribution is 2.14. The van der Waals surface area contributed by atoms with E-state index in [-0.39, 0.29) is 17.2 Å². The predicted octanol–water partition coefficient (Wildman–Crippen LogP) is 2.18. The Labute approximate surface area is 175 Å². The number of nitrogens with one attached hydrogen (secondary N) is 1. The van der Waals surface area contributed by atoms with Gasteiger partial charge in [0.15, 0.2) is 5.69 Å². The molecule has 1 aromatic heterocycles. The summed E-state index contributed by atoms with van der Waals surface area (Å²) in [5, 5.41) is 8.30. The molecular formula is C23H26N4O3. The maximum absolute atomic E-state index is 12.8. The van der Waals surface area contributed by atoms with Crippen LogP contribution in [0.3, 0.4) is 0 Å². The van der Waals surface area contributed by atoms with Gasteiger partial charge in [-0.05, 0) is 24.1 Å². The Kier molecular flexibility index (Phi) is 6.21. The summed E-state index contributed by atoms with van der Waals surface area (Å²) in [6.45, 7) is 7.05. The third-order valence-corrected chi connectivity index (χ3v) is 5.37. The molecule has 0 spiro atoms. The van der Waals surface area contributed by atoms with Gasteiger partial charge in [0, 0.05) is 38.1 Å². The molecule has 7 heteroatoms. The number of aryl methyl sites for hydroxylation is 1. The summed E-state index contributed by atoms with van der Waals surface area (Å²) in [7, 11) is 0. The molecule has 0 radical (unpaired) electrons. The quantitative estimate of drug-likeness (QED) is 0.679. The van der Waals surface area contributed by atoms with Crippen molar-refractivity contribution in [1.82, 2.24) is 20.0 Å². The highest BCUT2D eigenvalue weighted by atomic mass is 16.5. The van der Waals surface area contributed by atoms with Crippen LogP contribution in [0.4, 0.5) is 0 Å². The molecular weight excluding hydrogens is 380 g/mol. The van der Waals surface area contributed by atoms with E-state index in [1.54, 1.807) is 18.2 Å². The molecule has 30 heavy (non-hydrogen) atoms. The van der Waals surface area contributed by atoms with Crippen LogP contribution in [-0.4, -0.2) is 46.9 Å². The molecule has 7 nitrogen and oxygen atoms in total. The number of aromatic nitrogens is 2. The van der Waals surface area contributed by atoms with E-state index < -0.39 is 0 Å². The van der Waals surface area contributed by atoms with Gasteiger partial charge in [-0.2, -0.15) is 5.10 Å². The molecule has 1 amide bonds. The zero-order valence-electron chi connectivity index (χ0n) is 17.1. The number of hydrogen-bond donors (Lipinski definition) is 1. The van der Waals surface area contributed by atoms with E-state index in [1.165, 1.54) is 10.2 Å². The lowest BCUT2D eigenvalue weighted by atomic mass is 10.1. The summed E-state index contributed by atoms with van der Waals surface area (Å²) < 4.78 is 6.72. The Bertz CT molecular complexity index is 1090. The first-order chi connectivity index (χ1) is 14.7. The number of morpholine rings is 1. The van der Waals surface area contributed by atoms with Crippen molar-refractivity contribution >= 4 is 16.7 Å². The number of rotatable bonds is 6. The van der Waals surface area contributed by atoms with Gasteiger partial charge in [0.1, 0.15) is 0 Å². The van der Waals surface area contributed by atoms with Gasteiger partial charge in [0.05, 0.1) is 18.6 Å². The van der Waals surface area contributed by atoms with E-state index in [1.807, 2.05) is 25.1 Å². The average molecular weight is 406 g/mol. The number of nitrogens with zero attached hydrogens (tertiary/aromatic N) is 3. The van der Waals surface area contributed by atoms with Crippen molar-refractivity contribution in [1.29, 1.82) is 0 Å². The molecule has 1 fully saturated rings. The van der Waals surface area contributed by atoms with Crippen molar-refractivity contribution in [2.24, 2.45) is 0 Å². The van der Waals surface area contributed by atoms with Crippen LogP contribution in [0, 0.1) is 0 Å². The lowest BCUT2D eigenvalue weighted by molar-refractivity contribution is 0.0342. The number of carbonyl (C=O) groups is 1. The summed E-state index contributed by atoms with van der Waals surface area (Å²) in [6.07, 6.45) is 0. The summed E-state index contributed by atoms with van der Waals surface area (Å²) in [5.74, 6) is -0.286. The van der Waals surface area contributed by atoms with Crippen molar-refractivity contribution < 1.29 is 9.53 Å². The summed E-state index contributed by atoms with van der Waals surface area (Å²) in [5.41, 5.74) is 2.35. The second-order valence-electron chi connectivity index (χ2n) is 7.40. The fourth-order valence-electron chi connectivity index (χ4n) is 3.66. The highest BCUT2D eigenvalue weighted by molar-refractivity contribution is 6.04. The van der Waals surface area contributed by atoms with Gasteiger partial charge in [-0.3, -0.25) is 14.5 Å².